The number of aryl methyl sites for hydroxylation is 2. The monoisotopic (exact) mass is 311 g/mol. The van der Waals surface area contributed by atoms with Crippen LogP contribution in [0.5, 0.6) is 0 Å². The summed E-state index contributed by atoms with van der Waals surface area (Å²) >= 11 is 0. The van der Waals surface area contributed by atoms with E-state index in [9.17, 15) is 4.79 Å². The lowest BCUT2D eigenvalue weighted by Gasteiger charge is -2.22. The van der Waals surface area contributed by atoms with Gasteiger partial charge >= 0.3 is 6.03 Å². The molecule has 2 N–H and O–H groups in total. The van der Waals surface area contributed by atoms with Crippen LogP contribution in [-0.4, -0.2) is 19.1 Å². The number of nitrogens with one attached hydrogen (secondary N) is 2. The molecule has 2 rings (SSSR count). The van der Waals surface area contributed by atoms with Crippen molar-refractivity contribution in [1.29, 1.82) is 0 Å². The van der Waals surface area contributed by atoms with Gasteiger partial charge in [0.15, 0.2) is 0 Å². The van der Waals surface area contributed by atoms with E-state index in [2.05, 4.69) is 35.4 Å². The SMILES string of the molecule is CCN(CC)c1ccc(NC(=O)Nc2ccc(C)cc2)c(C)c1. The molecule has 0 heterocycles. The fourth-order valence-corrected chi connectivity index (χ4v) is 2.50. The number of carbonyl (C=O) groups is 1. The van der Waals surface area contributed by atoms with E-state index in [0.717, 1.165) is 30.0 Å². The van der Waals surface area contributed by atoms with Gasteiger partial charge in [-0.25, -0.2) is 4.79 Å². The highest BCUT2D eigenvalue weighted by atomic mass is 16.2. The number of nitrogens with zero attached hydrogens (tertiary/aromatic N) is 1. The van der Waals surface area contributed by atoms with Gasteiger partial charge in [-0.15, -0.1) is 0 Å². The number of amides is 2. The summed E-state index contributed by atoms with van der Waals surface area (Å²) in [5.74, 6) is 0. The van der Waals surface area contributed by atoms with Crippen LogP contribution in [0.15, 0.2) is 42.5 Å². The maximum absolute atomic E-state index is 12.1. The second-order valence-corrected chi connectivity index (χ2v) is 5.62. The van der Waals surface area contributed by atoms with Crippen LogP contribution in [0.3, 0.4) is 0 Å². The Morgan fingerprint density at radius 3 is 2.17 bits per heavy atom. The second-order valence-electron chi connectivity index (χ2n) is 5.62. The van der Waals surface area contributed by atoms with Gasteiger partial charge in [-0.3, -0.25) is 0 Å². The van der Waals surface area contributed by atoms with Gasteiger partial charge in [-0.2, -0.15) is 0 Å². The number of hydrogen-bond acceptors (Lipinski definition) is 2. The van der Waals surface area contributed by atoms with Crippen LogP contribution < -0.4 is 15.5 Å². The van der Waals surface area contributed by atoms with Gasteiger partial charge < -0.3 is 15.5 Å². The summed E-state index contributed by atoms with van der Waals surface area (Å²) in [6.45, 7) is 10.2. The van der Waals surface area contributed by atoms with Crippen molar-refractivity contribution in [2.24, 2.45) is 0 Å². The highest BCUT2D eigenvalue weighted by Crippen LogP contribution is 2.23. The van der Waals surface area contributed by atoms with Crippen LogP contribution in [0.4, 0.5) is 21.9 Å². The Bertz CT molecular complexity index is 661. The van der Waals surface area contributed by atoms with Crippen LogP contribution in [0.25, 0.3) is 0 Å². The van der Waals surface area contributed by atoms with Crippen molar-refractivity contribution in [1.82, 2.24) is 0 Å². The zero-order valence-corrected chi connectivity index (χ0v) is 14.3. The molecule has 0 aliphatic rings. The van der Waals surface area contributed by atoms with E-state index in [0.29, 0.717) is 0 Å². The van der Waals surface area contributed by atoms with Crippen LogP contribution in [0, 0.1) is 13.8 Å². The van der Waals surface area contributed by atoms with Gasteiger partial charge in [0.05, 0.1) is 0 Å². The van der Waals surface area contributed by atoms with Crippen molar-refractivity contribution in [2.45, 2.75) is 27.7 Å². The normalized spacial score (nSPS) is 10.3. The zero-order valence-electron chi connectivity index (χ0n) is 14.3. The molecule has 2 aromatic carbocycles. The van der Waals surface area contributed by atoms with E-state index in [4.69, 9.17) is 0 Å². The van der Waals surface area contributed by atoms with Gasteiger partial charge in [0.1, 0.15) is 0 Å². The number of hydrogen-bond donors (Lipinski definition) is 2. The van der Waals surface area contributed by atoms with E-state index in [1.54, 1.807) is 0 Å². The molecule has 0 atom stereocenters. The molecule has 2 aromatic rings. The fraction of sp³-hybridized carbons (Fsp3) is 0.316. The third-order valence-electron chi connectivity index (χ3n) is 3.90. The highest BCUT2D eigenvalue weighted by molar-refractivity contribution is 6.00. The number of rotatable bonds is 5. The maximum atomic E-state index is 12.1. The van der Waals surface area contributed by atoms with Crippen LogP contribution in [0.1, 0.15) is 25.0 Å². The van der Waals surface area contributed by atoms with Crippen LogP contribution in [-0.2, 0) is 0 Å². The smallest absolute Gasteiger partial charge is 0.323 e. The first kappa shape index (κ1) is 16.9. The molecule has 0 unspecified atom stereocenters. The van der Waals surface area contributed by atoms with Crippen molar-refractivity contribution < 1.29 is 4.79 Å². The number of urea groups is 1. The van der Waals surface area contributed by atoms with Gasteiger partial charge in [0, 0.05) is 30.2 Å². The molecule has 122 valence electrons. The molecule has 0 saturated heterocycles. The topological polar surface area (TPSA) is 44.4 Å². The third kappa shape index (κ3) is 4.49. The number of benzene rings is 2. The Labute approximate surface area is 138 Å². The quantitative estimate of drug-likeness (QED) is 0.833. The average Bonchev–Trinajstić information content (AvgIpc) is 2.53. The molecule has 4 nitrogen and oxygen atoms in total. The van der Waals surface area contributed by atoms with Crippen molar-refractivity contribution >= 4 is 23.1 Å². The Morgan fingerprint density at radius 2 is 1.61 bits per heavy atom. The second kappa shape index (κ2) is 7.68. The lowest BCUT2D eigenvalue weighted by molar-refractivity contribution is 0.262. The minimum absolute atomic E-state index is 0.229. The summed E-state index contributed by atoms with van der Waals surface area (Å²) in [7, 11) is 0. The summed E-state index contributed by atoms with van der Waals surface area (Å²) in [5, 5.41) is 5.75. The van der Waals surface area contributed by atoms with Crippen LogP contribution >= 0.6 is 0 Å². The first-order valence-corrected chi connectivity index (χ1v) is 8.03. The van der Waals surface area contributed by atoms with E-state index in [-0.39, 0.29) is 6.03 Å². The molecule has 0 saturated carbocycles. The van der Waals surface area contributed by atoms with Crippen molar-refractivity contribution in [3.8, 4) is 0 Å². The zero-order chi connectivity index (χ0) is 16.8. The first-order chi connectivity index (χ1) is 11.0. The van der Waals surface area contributed by atoms with Crippen molar-refractivity contribution in [2.75, 3.05) is 28.6 Å². The first-order valence-electron chi connectivity index (χ1n) is 8.03. The summed E-state index contributed by atoms with van der Waals surface area (Å²) < 4.78 is 0. The van der Waals surface area contributed by atoms with E-state index >= 15 is 0 Å². The summed E-state index contributed by atoms with van der Waals surface area (Å²) in [5.41, 5.74) is 5.00. The highest BCUT2D eigenvalue weighted by Gasteiger charge is 2.08. The van der Waals surface area contributed by atoms with E-state index in [1.807, 2.05) is 50.2 Å². The molecule has 0 aliphatic carbocycles. The van der Waals surface area contributed by atoms with Gasteiger partial charge in [-0.1, -0.05) is 17.7 Å². The molecule has 0 radical (unpaired) electrons. The third-order valence-corrected chi connectivity index (χ3v) is 3.90. The Hall–Kier alpha value is -2.49. The van der Waals surface area contributed by atoms with E-state index in [1.165, 1.54) is 11.3 Å². The average molecular weight is 311 g/mol. The molecular weight excluding hydrogens is 286 g/mol. The molecule has 0 aromatic heterocycles. The molecule has 0 spiro atoms. The van der Waals surface area contributed by atoms with Gasteiger partial charge in [-0.05, 0) is 63.6 Å². The Morgan fingerprint density at radius 1 is 0.957 bits per heavy atom. The predicted molar refractivity (Wildman–Crippen MR) is 98.6 cm³/mol. The standard InChI is InChI=1S/C19H25N3O/c1-5-22(6-2)17-11-12-18(15(4)13-17)21-19(23)20-16-9-7-14(3)8-10-16/h7-13H,5-6H2,1-4H3,(H2,20,21,23). The lowest BCUT2D eigenvalue weighted by Crippen LogP contribution is -2.22. The fourth-order valence-electron chi connectivity index (χ4n) is 2.50. The predicted octanol–water partition coefficient (Wildman–Crippen LogP) is 4.79. The molecule has 0 bridgehead atoms. The largest absolute Gasteiger partial charge is 0.372 e. The van der Waals surface area contributed by atoms with Crippen molar-refractivity contribution in [3.05, 3.63) is 53.6 Å². The lowest BCUT2D eigenvalue weighted by atomic mass is 10.1. The molecule has 2 amide bonds. The molecule has 23 heavy (non-hydrogen) atoms. The minimum Gasteiger partial charge on any atom is -0.372 e. The number of anilines is 3. The van der Waals surface area contributed by atoms with Gasteiger partial charge in [0.2, 0.25) is 0 Å². The Balaban J connectivity index is 2.04. The molecule has 0 fully saturated rings. The molecular formula is C19H25N3O. The van der Waals surface area contributed by atoms with Gasteiger partial charge in [0.25, 0.3) is 0 Å². The molecule has 0 aliphatic heterocycles. The summed E-state index contributed by atoms with van der Waals surface area (Å²) in [6, 6.07) is 13.6. The van der Waals surface area contributed by atoms with Crippen LogP contribution in [0.2, 0.25) is 0 Å². The van der Waals surface area contributed by atoms with E-state index < -0.39 is 0 Å². The summed E-state index contributed by atoms with van der Waals surface area (Å²) in [6.07, 6.45) is 0. The summed E-state index contributed by atoms with van der Waals surface area (Å²) in [4.78, 5) is 14.4. The number of carbonyl (C=O) groups excluding carboxylic acids is 1. The maximum Gasteiger partial charge on any atom is 0.323 e. The minimum atomic E-state index is -0.229. The Kier molecular flexibility index (Phi) is 5.63. The molecule has 4 heteroatoms. The van der Waals surface area contributed by atoms with Crippen molar-refractivity contribution in [3.63, 3.8) is 0 Å².